The largest absolute Gasteiger partial charge is 0.322 e. The van der Waals surface area contributed by atoms with E-state index >= 15 is 0 Å². The van der Waals surface area contributed by atoms with Crippen LogP contribution in [0.3, 0.4) is 0 Å². The molecule has 5 rings (SSSR count). The van der Waals surface area contributed by atoms with Gasteiger partial charge in [0, 0.05) is 16.8 Å². The SMILES string of the molecule is Cc1ccc(C(=O)Nc2ccc(C3CCN(C)CC3)c(C)c2)cc1C#Cc1cnc2[nH]ncc2n1. The van der Waals surface area contributed by atoms with Crippen LogP contribution in [0.4, 0.5) is 5.69 Å². The van der Waals surface area contributed by atoms with Crippen LogP contribution in [0.2, 0.25) is 0 Å². The van der Waals surface area contributed by atoms with E-state index in [2.05, 4.69) is 68.3 Å². The van der Waals surface area contributed by atoms with Crippen molar-refractivity contribution in [1.29, 1.82) is 0 Å². The highest BCUT2D eigenvalue weighted by molar-refractivity contribution is 6.04. The summed E-state index contributed by atoms with van der Waals surface area (Å²) in [6.07, 6.45) is 5.58. The van der Waals surface area contributed by atoms with Gasteiger partial charge in [0.25, 0.3) is 5.91 Å². The van der Waals surface area contributed by atoms with Gasteiger partial charge in [-0.15, -0.1) is 0 Å². The molecule has 7 heteroatoms. The molecule has 0 bridgehead atoms. The van der Waals surface area contributed by atoms with E-state index < -0.39 is 0 Å². The van der Waals surface area contributed by atoms with Crippen molar-refractivity contribution in [3.8, 4) is 11.8 Å². The molecule has 176 valence electrons. The van der Waals surface area contributed by atoms with Crippen LogP contribution in [-0.2, 0) is 0 Å². The van der Waals surface area contributed by atoms with Gasteiger partial charge in [-0.2, -0.15) is 5.10 Å². The van der Waals surface area contributed by atoms with Gasteiger partial charge < -0.3 is 10.2 Å². The van der Waals surface area contributed by atoms with Crippen molar-refractivity contribution in [3.05, 3.63) is 82.3 Å². The van der Waals surface area contributed by atoms with E-state index in [9.17, 15) is 4.79 Å². The molecule has 2 aromatic heterocycles. The number of carbonyl (C=O) groups excluding carboxylic acids is 1. The Morgan fingerprint density at radius 1 is 1.06 bits per heavy atom. The van der Waals surface area contributed by atoms with Gasteiger partial charge in [-0.1, -0.05) is 18.1 Å². The molecule has 0 spiro atoms. The molecule has 0 saturated carbocycles. The van der Waals surface area contributed by atoms with Gasteiger partial charge in [0.1, 0.15) is 11.2 Å². The van der Waals surface area contributed by atoms with Gasteiger partial charge in [-0.05, 0) is 99.6 Å². The Labute approximate surface area is 205 Å². The van der Waals surface area contributed by atoms with Crippen molar-refractivity contribution in [2.45, 2.75) is 32.6 Å². The first-order valence-corrected chi connectivity index (χ1v) is 11.9. The summed E-state index contributed by atoms with van der Waals surface area (Å²) in [6.45, 7) is 6.37. The molecule has 0 radical (unpaired) electrons. The fourth-order valence-electron chi connectivity index (χ4n) is 4.56. The molecule has 2 aromatic carbocycles. The smallest absolute Gasteiger partial charge is 0.255 e. The van der Waals surface area contributed by atoms with E-state index in [1.54, 1.807) is 12.4 Å². The van der Waals surface area contributed by atoms with Gasteiger partial charge in [-0.25, -0.2) is 9.97 Å². The van der Waals surface area contributed by atoms with E-state index in [0.717, 1.165) is 29.9 Å². The number of hydrogen-bond acceptors (Lipinski definition) is 5. The molecular weight excluding hydrogens is 436 g/mol. The number of H-pyrrole nitrogens is 1. The first-order valence-electron chi connectivity index (χ1n) is 11.9. The lowest BCUT2D eigenvalue weighted by atomic mass is 9.87. The highest BCUT2D eigenvalue weighted by Gasteiger charge is 2.20. The molecule has 1 fully saturated rings. The van der Waals surface area contributed by atoms with Crippen LogP contribution in [0.5, 0.6) is 0 Å². The van der Waals surface area contributed by atoms with Gasteiger partial charge in [-0.3, -0.25) is 9.89 Å². The molecule has 4 aromatic rings. The normalized spacial score (nSPS) is 14.5. The van der Waals surface area contributed by atoms with Crippen LogP contribution in [0, 0.1) is 25.7 Å². The maximum absolute atomic E-state index is 13.0. The molecule has 2 N–H and O–H groups in total. The lowest BCUT2D eigenvalue weighted by molar-refractivity contribution is 0.102. The molecule has 1 aliphatic heterocycles. The average Bonchev–Trinajstić information content (AvgIpc) is 3.32. The predicted octanol–water partition coefficient (Wildman–Crippen LogP) is 4.43. The number of benzene rings is 2. The third-order valence-corrected chi connectivity index (χ3v) is 6.67. The van der Waals surface area contributed by atoms with Crippen molar-refractivity contribution in [2.75, 3.05) is 25.5 Å². The number of likely N-dealkylation sites (tertiary alicyclic amines) is 1. The third-order valence-electron chi connectivity index (χ3n) is 6.67. The molecular formula is C28H28N6O. The van der Waals surface area contributed by atoms with Gasteiger partial charge in [0.05, 0.1) is 12.4 Å². The standard InChI is InChI=1S/C28H28N6O/c1-18-4-5-22(15-21(18)6-7-24-16-29-27-26(31-24)17-30-33-27)28(35)32-23-8-9-25(19(2)14-23)20-10-12-34(3)13-11-20/h4-5,8-9,14-17,20H,10-13H2,1-3H3,(H,32,35)(H,29,30,33). The molecule has 1 saturated heterocycles. The Hall–Kier alpha value is -4.02. The molecule has 7 nitrogen and oxygen atoms in total. The zero-order valence-electron chi connectivity index (χ0n) is 20.2. The van der Waals surface area contributed by atoms with Crippen molar-refractivity contribution in [3.63, 3.8) is 0 Å². The second kappa shape index (κ2) is 9.69. The summed E-state index contributed by atoms with van der Waals surface area (Å²) in [6, 6.07) is 11.8. The maximum Gasteiger partial charge on any atom is 0.255 e. The summed E-state index contributed by atoms with van der Waals surface area (Å²) in [4.78, 5) is 24.1. The Balaban J connectivity index is 1.31. The van der Waals surface area contributed by atoms with Crippen molar-refractivity contribution >= 4 is 22.8 Å². The number of aromatic nitrogens is 4. The topological polar surface area (TPSA) is 86.8 Å². The van der Waals surface area contributed by atoms with Crippen LogP contribution < -0.4 is 5.32 Å². The molecule has 1 aliphatic rings. The van der Waals surface area contributed by atoms with E-state index in [1.165, 1.54) is 24.0 Å². The summed E-state index contributed by atoms with van der Waals surface area (Å²) < 4.78 is 0. The minimum atomic E-state index is -0.154. The van der Waals surface area contributed by atoms with Gasteiger partial charge in [0.15, 0.2) is 5.65 Å². The fourth-order valence-corrected chi connectivity index (χ4v) is 4.56. The lowest BCUT2D eigenvalue weighted by Crippen LogP contribution is -2.29. The first-order chi connectivity index (χ1) is 17.0. The van der Waals surface area contributed by atoms with Crippen molar-refractivity contribution < 1.29 is 4.79 Å². The number of rotatable bonds is 3. The lowest BCUT2D eigenvalue weighted by Gasteiger charge is -2.30. The molecule has 1 amide bonds. The summed E-state index contributed by atoms with van der Waals surface area (Å²) in [5, 5.41) is 9.75. The minimum Gasteiger partial charge on any atom is -0.322 e. The number of anilines is 1. The number of amides is 1. The van der Waals surface area contributed by atoms with Crippen LogP contribution in [0.25, 0.3) is 11.2 Å². The Morgan fingerprint density at radius 3 is 2.69 bits per heavy atom. The van der Waals surface area contributed by atoms with E-state index in [0.29, 0.717) is 28.3 Å². The summed E-state index contributed by atoms with van der Waals surface area (Å²) in [5.41, 5.74) is 7.59. The number of aryl methyl sites for hydroxylation is 2. The predicted molar refractivity (Wildman–Crippen MR) is 137 cm³/mol. The first kappa shape index (κ1) is 22.8. The highest BCUT2D eigenvalue weighted by atomic mass is 16.1. The van der Waals surface area contributed by atoms with Crippen LogP contribution in [0.1, 0.15) is 57.1 Å². The number of nitrogens with zero attached hydrogens (tertiary/aromatic N) is 4. The van der Waals surface area contributed by atoms with E-state index in [4.69, 9.17) is 0 Å². The van der Waals surface area contributed by atoms with Crippen molar-refractivity contribution in [2.24, 2.45) is 0 Å². The number of aromatic amines is 1. The second-order valence-corrected chi connectivity index (χ2v) is 9.24. The molecule has 3 heterocycles. The molecule has 0 aliphatic carbocycles. The Bertz CT molecular complexity index is 1450. The minimum absolute atomic E-state index is 0.154. The van der Waals surface area contributed by atoms with E-state index in [1.807, 2.05) is 31.2 Å². The van der Waals surface area contributed by atoms with Crippen LogP contribution in [0.15, 0.2) is 48.8 Å². The monoisotopic (exact) mass is 464 g/mol. The van der Waals surface area contributed by atoms with Crippen molar-refractivity contribution in [1.82, 2.24) is 25.1 Å². The molecule has 35 heavy (non-hydrogen) atoms. The average molecular weight is 465 g/mol. The quantitative estimate of drug-likeness (QED) is 0.438. The number of fused-ring (bicyclic) bond motifs is 1. The summed E-state index contributed by atoms with van der Waals surface area (Å²) in [7, 11) is 2.18. The zero-order valence-corrected chi connectivity index (χ0v) is 20.2. The Morgan fingerprint density at radius 2 is 1.89 bits per heavy atom. The number of hydrogen-bond donors (Lipinski definition) is 2. The van der Waals surface area contributed by atoms with E-state index in [-0.39, 0.29) is 5.91 Å². The van der Waals surface area contributed by atoms with Gasteiger partial charge in [0.2, 0.25) is 0 Å². The second-order valence-electron chi connectivity index (χ2n) is 9.24. The molecule has 0 unspecified atom stereocenters. The Kier molecular flexibility index (Phi) is 6.30. The number of nitrogens with one attached hydrogen (secondary N) is 2. The molecule has 0 atom stereocenters. The van der Waals surface area contributed by atoms with Gasteiger partial charge >= 0.3 is 0 Å². The third kappa shape index (κ3) is 5.08. The zero-order chi connectivity index (χ0) is 24.4. The van der Waals surface area contributed by atoms with Crippen LogP contribution >= 0.6 is 0 Å². The number of piperidine rings is 1. The highest BCUT2D eigenvalue weighted by Crippen LogP contribution is 2.31. The summed E-state index contributed by atoms with van der Waals surface area (Å²) >= 11 is 0. The summed E-state index contributed by atoms with van der Waals surface area (Å²) in [5.74, 6) is 6.62. The fraction of sp³-hybridized carbons (Fsp3) is 0.286. The van der Waals surface area contributed by atoms with Crippen LogP contribution in [-0.4, -0.2) is 51.1 Å². The maximum atomic E-state index is 13.0. The number of carbonyl (C=O) groups is 1.